The number of nitrogens with zero attached hydrogens (tertiary/aromatic N) is 3. The summed E-state index contributed by atoms with van der Waals surface area (Å²) in [4.78, 5) is 7.60. The Morgan fingerprint density at radius 2 is 2.08 bits per heavy atom. The summed E-state index contributed by atoms with van der Waals surface area (Å²) in [7, 11) is 0. The van der Waals surface area contributed by atoms with Crippen LogP contribution in [-0.4, -0.2) is 9.97 Å². The minimum atomic E-state index is 0.250. The highest BCUT2D eigenvalue weighted by atomic mass is 15.1. The van der Waals surface area contributed by atoms with Gasteiger partial charge in [0.2, 0.25) is 11.5 Å². The van der Waals surface area contributed by atoms with Gasteiger partial charge in [-0.1, -0.05) is 32.0 Å². The first kappa shape index (κ1) is 16.1. The van der Waals surface area contributed by atoms with Crippen LogP contribution in [0.3, 0.4) is 0 Å². The first-order valence-corrected chi connectivity index (χ1v) is 8.71. The van der Waals surface area contributed by atoms with Gasteiger partial charge in [0.15, 0.2) is 0 Å². The van der Waals surface area contributed by atoms with Gasteiger partial charge in [-0.2, -0.15) is 9.66 Å². The number of imidazole rings is 1. The van der Waals surface area contributed by atoms with Crippen LogP contribution in [0.1, 0.15) is 36.5 Å². The van der Waals surface area contributed by atoms with E-state index in [-0.39, 0.29) is 5.92 Å². The lowest BCUT2D eigenvalue weighted by Crippen LogP contribution is -2.28. The molecule has 0 saturated carbocycles. The van der Waals surface area contributed by atoms with E-state index in [1.54, 1.807) is 6.20 Å². The van der Waals surface area contributed by atoms with Crippen molar-refractivity contribution in [3.63, 3.8) is 0 Å². The molecule has 0 bridgehead atoms. The molecule has 0 aliphatic rings. The number of aromatic amines is 1. The van der Waals surface area contributed by atoms with Crippen molar-refractivity contribution in [2.75, 3.05) is 5.32 Å². The Kier molecular flexibility index (Phi) is 4.02. The smallest absolute Gasteiger partial charge is 0.250 e. The number of hydrogen-bond donors (Lipinski definition) is 2. The zero-order valence-electron chi connectivity index (χ0n) is 14.8. The summed E-state index contributed by atoms with van der Waals surface area (Å²) in [6, 6.07) is 16.6. The number of benzene rings is 1. The molecule has 5 heteroatoms. The van der Waals surface area contributed by atoms with Gasteiger partial charge in [-0.05, 0) is 29.7 Å². The second kappa shape index (κ2) is 6.49. The zero-order chi connectivity index (χ0) is 18.1. The van der Waals surface area contributed by atoms with E-state index in [9.17, 15) is 5.26 Å². The molecule has 0 amide bonds. The summed E-state index contributed by atoms with van der Waals surface area (Å²) in [5.41, 5.74) is 5.72. The highest BCUT2D eigenvalue weighted by Gasteiger charge is 2.22. The molecule has 4 aromatic rings. The Bertz CT molecular complexity index is 1120. The van der Waals surface area contributed by atoms with Gasteiger partial charge in [-0.3, -0.25) is 9.97 Å². The van der Waals surface area contributed by atoms with Gasteiger partial charge < -0.3 is 5.32 Å². The number of para-hydroxylation sites is 2. The molecule has 26 heavy (non-hydrogen) atoms. The molecule has 128 valence electrons. The van der Waals surface area contributed by atoms with Gasteiger partial charge in [-0.25, -0.2) is 0 Å². The Morgan fingerprint density at radius 1 is 1.23 bits per heavy atom. The van der Waals surface area contributed by atoms with Crippen molar-refractivity contribution in [1.29, 1.82) is 5.26 Å². The topological polar surface area (TPSA) is 68.6 Å². The molecule has 2 N–H and O–H groups in total. The third-order valence-corrected chi connectivity index (χ3v) is 4.61. The SMILES string of the molecule is CC(C)c1cc(NCc2cccnc2)[n+]2c([nH]c3ccccc32)c1C#N. The van der Waals surface area contributed by atoms with Crippen LogP contribution in [-0.2, 0) is 6.54 Å². The number of H-pyrrole nitrogens is 1. The molecule has 3 aromatic heterocycles. The van der Waals surface area contributed by atoms with Gasteiger partial charge in [0, 0.05) is 24.0 Å². The number of rotatable bonds is 4. The van der Waals surface area contributed by atoms with Crippen LogP contribution >= 0.6 is 0 Å². The van der Waals surface area contributed by atoms with Gasteiger partial charge in [0.1, 0.15) is 22.7 Å². The first-order valence-electron chi connectivity index (χ1n) is 8.71. The van der Waals surface area contributed by atoms with E-state index in [4.69, 9.17) is 0 Å². The van der Waals surface area contributed by atoms with Crippen molar-refractivity contribution >= 4 is 22.5 Å². The number of nitriles is 1. The normalized spacial score (nSPS) is 11.2. The quantitative estimate of drug-likeness (QED) is 0.553. The predicted molar refractivity (Wildman–Crippen MR) is 102 cm³/mol. The van der Waals surface area contributed by atoms with Gasteiger partial charge in [-0.15, -0.1) is 0 Å². The van der Waals surface area contributed by atoms with E-state index in [0.717, 1.165) is 33.6 Å². The number of aromatic nitrogens is 3. The van der Waals surface area contributed by atoms with Crippen LogP contribution < -0.4 is 9.72 Å². The van der Waals surface area contributed by atoms with Crippen LogP contribution in [0, 0.1) is 11.3 Å². The van der Waals surface area contributed by atoms with Crippen LogP contribution in [0.4, 0.5) is 5.82 Å². The standard InChI is InChI=1S/C21H19N5/c1-14(2)16-10-20(24-13-15-6-5-9-23-12-15)26-19-8-4-3-7-18(19)25-21(26)17(16)11-22/h3-10,12,14H,13H2,1-2H3,(H,24,25)/p+1. The summed E-state index contributed by atoms with van der Waals surface area (Å²) < 4.78 is 2.09. The second-order valence-electron chi connectivity index (χ2n) is 6.67. The molecule has 5 nitrogen and oxygen atoms in total. The molecular weight excluding hydrogens is 322 g/mol. The number of nitrogens with one attached hydrogen (secondary N) is 2. The Labute approximate surface area is 151 Å². The lowest BCUT2D eigenvalue weighted by atomic mass is 9.99. The van der Waals surface area contributed by atoms with Crippen molar-refractivity contribution in [2.45, 2.75) is 26.3 Å². The van der Waals surface area contributed by atoms with Crippen molar-refractivity contribution in [3.8, 4) is 6.07 Å². The molecule has 1 aromatic carbocycles. The molecule has 0 saturated heterocycles. The highest BCUT2D eigenvalue weighted by Crippen LogP contribution is 2.26. The maximum Gasteiger partial charge on any atom is 0.250 e. The average molecular weight is 342 g/mol. The summed E-state index contributed by atoms with van der Waals surface area (Å²) in [6.45, 7) is 4.89. The second-order valence-corrected chi connectivity index (χ2v) is 6.67. The molecule has 0 fully saturated rings. The maximum atomic E-state index is 9.78. The lowest BCUT2D eigenvalue weighted by Gasteiger charge is -2.11. The Hall–Kier alpha value is -3.39. The third-order valence-electron chi connectivity index (χ3n) is 4.61. The summed E-state index contributed by atoms with van der Waals surface area (Å²) >= 11 is 0. The minimum absolute atomic E-state index is 0.250. The van der Waals surface area contributed by atoms with E-state index in [2.05, 4.69) is 51.7 Å². The third kappa shape index (κ3) is 2.66. The fourth-order valence-electron chi connectivity index (χ4n) is 3.32. The highest BCUT2D eigenvalue weighted by molar-refractivity contribution is 5.77. The molecule has 0 aliphatic carbocycles. The minimum Gasteiger partial charge on any atom is -0.301 e. The molecule has 4 rings (SSSR count). The fraction of sp³-hybridized carbons (Fsp3) is 0.190. The maximum absolute atomic E-state index is 9.78. The Balaban J connectivity index is 1.93. The van der Waals surface area contributed by atoms with Crippen molar-refractivity contribution < 1.29 is 4.40 Å². The molecular formula is C21H20N5+. The largest absolute Gasteiger partial charge is 0.301 e. The first-order chi connectivity index (χ1) is 12.7. The average Bonchev–Trinajstić information content (AvgIpc) is 3.06. The number of pyridine rings is 2. The molecule has 0 radical (unpaired) electrons. The monoisotopic (exact) mass is 342 g/mol. The molecule has 0 atom stereocenters. The number of anilines is 1. The van der Waals surface area contributed by atoms with E-state index in [0.29, 0.717) is 12.1 Å². The van der Waals surface area contributed by atoms with Gasteiger partial charge in [0.25, 0.3) is 0 Å². The zero-order valence-corrected chi connectivity index (χ0v) is 14.8. The van der Waals surface area contributed by atoms with E-state index >= 15 is 0 Å². The Morgan fingerprint density at radius 3 is 2.81 bits per heavy atom. The van der Waals surface area contributed by atoms with E-state index in [1.807, 2.05) is 36.5 Å². The van der Waals surface area contributed by atoms with Gasteiger partial charge >= 0.3 is 0 Å². The van der Waals surface area contributed by atoms with Crippen LogP contribution in [0.15, 0.2) is 54.9 Å². The van der Waals surface area contributed by atoms with Crippen molar-refractivity contribution in [3.05, 3.63) is 71.5 Å². The fourth-order valence-corrected chi connectivity index (χ4v) is 3.32. The number of hydrogen-bond acceptors (Lipinski definition) is 3. The molecule has 0 aliphatic heterocycles. The van der Waals surface area contributed by atoms with E-state index < -0.39 is 0 Å². The van der Waals surface area contributed by atoms with Crippen LogP contribution in [0.25, 0.3) is 16.7 Å². The van der Waals surface area contributed by atoms with Crippen LogP contribution in [0.5, 0.6) is 0 Å². The van der Waals surface area contributed by atoms with Gasteiger partial charge in [0.05, 0.1) is 6.54 Å². The number of fused-ring (bicyclic) bond motifs is 3. The molecule has 0 spiro atoms. The summed E-state index contributed by atoms with van der Waals surface area (Å²) in [5, 5.41) is 13.3. The predicted octanol–water partition coefficient (Wildman–Crippen LogP) is 3.91. The molecule has 3 heterocycles. The lowest BCUT2D eigenvalue weighted by molar-refractivity contribution is -0.465. The molecule has 0 unspecified atom stereocenters. The van der Waals surface area contributed by atoms with Crippen molar-refractivity contribution in [1.82, 2.24) is 9.97 Å². The summed E-state index contributed by atoms with van der Waals surface area (Å²) in [6.07, 6.45) is 3.63. The van der Waals surface area contributed by atoms with E-state index in [1.165, 1.54) is 0 Å². The summed E-state index contributed by atoms with van der Waals surface area (Å²) in [5.74, 6) is 1.21. The van der Waals surface area contributed by atoms with Crippen molar-refractivity contribution in [2.24, 2.45) is 0 Å². The van der Waals surface area contributed by atoms with Crippen LogP contribution in [0.2, 0.25) is 0 Å².